The molecule has 2 amide bonds. The maximum absolute atomic E-state index is 12.7. The number of benzene rings is 1. The van der Waals surface area contributed by atoms with Crippen molar-refractivity contribution < 1.29 is 19.4 Å². The highest BCUT2D eigenvalue weighted by atomic mass is 32.1. The van der Waals surface area contributed by atoms with E-state index in [1.54, 1.807) is 11.3 Å². The molecule has 1 aromatic heterocycles. The van der Waals surface area contributed by atoms with Crippen LogP contribution in [0.5, 0.6) is 0 Å². The number of imide groups is 1. The summed E-state index contributed by atoms with van der Waals surface area (Å²) in [5.74, 6) is -1.01. The number of nitro groups is 1. The Labute approximate surface area is 147 Å². The van der Waals surface area contributed by atoms with Crippen molar-refractivity contribution >= 4 is 28.8 Å². The summed E-state index contributed by atoms with van der Waals surface area (Å²) in [5, 5.41) is 13.3. The van der Waals surface area contributed by atoms with E-state index < -0.39 is 16.7 Å². The summed E-state index contributed by atoms with van der Waals surface area (Å²) in [5.41, 5.74) is 0.992. The predicted octanol–water partition coefficient (Wildman–Crippen LogP) is 1.41. The Morgan fingerprint density at radius 2 is 2.12 bits per heavy atom. The Bertz CT molecular complexity index is 907. The van der Waals surface area contributed by atoms with Gasteiger partial charge >= 0.3 is 0 Å². The van der Waals surface area contributed by atoms with Crippen molar-refractivity contribution in [2.24, 2.45) is 0 Å². The summed E-state index contributed by atoms with van der Waals surface area (Å²) in [7, 11) is 0. The van der Waals surface area contributed by atoms with Gasteiger partial charge in [0.2, 0.25) is 0 Å². The minimum Gasteiger partial charge on any atom is -0.311 e. The van der Waals surface area contributed by atoms with Crippen molar-refractivity contribution in [3.8, 4) is 0 Å². The van der Waals surface area contributed by atoms with E-state index in [1.807, 2.05) is 0 Å². The molecule has 8 heteroatoms. The summed E-state index contributed by atoms with van der Waals surface area (Å²) >= 11 is 1.73. The van der Waals surface area contributed by atoms with Crippen LogP contribution in [0.1, 0.15) is 44.1 Å². The van der Waals surface area contributed by atoms with Crippen LogP contribution in [-0.4, -0.2) is 34.9 Å². The van der Waals surface area contributed by atoms with Gasteiger partial charge < -0.3 is 4.90 Å². The molecule has 0 aliphatic carbocycles. The molecule has 4 rings (SSSR count). The van der Waals surface area contributed by atoms with E-state index in [9.17, 15) is 19.7 Å². The molecule has 2 aliphatic rings. The number of nitrogens with zero attached hydrogens (tertiary/aromatic N) is 2. The van der Waals surface area contributed by atoms with Crippen LogP contribution < -0.4 is 4.90 Å². The van der Waals surface area contributed by atoms with Crippen LogP contribution in [0.4, 0.5) is 5.69 Å². The van der Waals surface area contributed by atoms with Gasteiger partial charge in [-0.1, -0.05) is 6.07 Å². The molecular weight excluding hydrogens is 342 g/mol. The Morgan fingerprint density at radius 1 is 1.32 bits per heavy atom. The lowest BCUT2D eigenvalue weighted by Crippen LogP contribution is -3.14. The number of nitro benzene ring substituents is 1. The number of amides is 2. The number of quaternary nitrogens is 1. The quantitative estimate of drug-likeness (QED) is 0.511. The number of carbonyl (C=O) groups is 2. The highest BCUT2D eigenvalue weighted by Gasteiger charge is 2.43. The molecule has 25 heavy (non-hydrogen) atoms. The molecule has 3 heterocycles. The van der Waals surface area contributed by atoms with Crippen LogP contribution in [0, 0.1) is 10.1 Å². The minimum absolute atomic E-state index is 0.0854. The Balaban J connectivity index is 1.63. The van der Waals surface area contributed by atoms with Crippen molar-refractivity contribution in [1.82, 2.24) is 4.90 Å². The number of hydrogen-bond donors (Lipinski definition) is 1. The Morgan fingerprint density at radius 3 is 2.88 bits per heavy atom. The molecule has 2 atom stereocenters. The zero-order valence-corrected chi connectivity index (χ0v) is 14.3. The fourth-order valence-corrected chi connectivity index (χ4v) is 4.66. The van der Waals surface area contributed by atoms with Crippen LogP contribution in [0.3, 0.4) is 0 Å². The van der Waals surface area contributed by atoms with Crippen molar-refractivity contribution in [3.05, 3.63) is 61.3 Å². The number of thiophene rings is 1. The molecule has 128 valence electrons. The first-order valence-corrected chi connectivity index (χ1v) is 8.91. The van der Waals surface area contributed by atoms with E-state index in [-0.39, 0.29) is 29.5 Å². The largest absolute Gasteiger partial charge is 0.311 e. The number of hydrogen-bond acceptors (Lipinski definition) is 5. The summed E-state index contributed by atoms with van der Waals surface area (Å²) < 4.78 is 0. The van der Waals surface area contributed by atoms with Crippen LogP contribution in [0.25, 0.3) is 0 Å². The Kier molecular flexibility index (Phi) is 3.66. The molecular formula is C17H16N3O4S+. The van der Waals surface area contributed by atoms with Gasteiger partial charge in [-0.2, -0.15) is 0 Å². The van der Waals surface area contributed by atoms with E-state index in [0.29, 0.717) is 0 Å². The molecule has 2 aliphatic heterocycles. The summed E-state index contributed by atoms with van der Waals surface area (Å²) in [4.78, 5) is 39.5. The van der Waals surface area contributed by atoms with Gasteiger partial charge in [0.05, 0.1) is 17.0 Å². The lowest BCUT2D eigenvalue weighted by molar-refractivity contribution is -0.938. The normalized spacial score (nSPS) is 22.0. The van der Waals surface area contributed by atoms with E-state index in [1.165, 1.54) is 28.6 Å². The predicted molar refractivity (Wildman–Crippen MR) is 90.7 cm³/mol. The van der Waals surface area contributed by atoms with Crippen molar-refractivity contribution in [2.75, 3.05) is 13.2 Å². The fraction of sp³-hybridized carbons (Fsp3) is 0.294. The standard InChI is InChI=1S/C17H15N3O4S/c1-10-11-6-8-25-14(11)5-7-18(10)9-19-16(21)12-3-2-4-13(20(23)24)15(12)17(19)22/h2-4,6,8,10H,5,7,9H2,1H3/p+1/t10-/m1/s1. The van der Waals surface area contributed by atoms with Gasteiger partial charge in [0, 0.05) is 22.9 Å². The molecule has 0 bridgehead atoms. The average Bonchev–Trinajstić information content (AvgIpc) is 3.16. The van der Waals surface area contributed by atoms with E-state index in [0.717, 1.165) is 22.8 Å². The van der Waals surface area contributed by atoms with Gasteiger partial charge in [-0.3, -0.25) is 19.7 Å². The monoisotopic (exact) mass is 358 g/mol. The van der Waals surface area contributed by atoms with Crippen molar-refractivity contribution in [3.63, 3.8) is 0 Å². The first-order chi connectivity index (χ1) is 12.0. The molecule has 1 unspecified atom stereocenters. The molecule has 0 saturated carbocycles. The topological polar surface area (TPSA) is 85.0 Å². The summed E-state index contributed by atoms with van der Waals surface area (Å²) in [6.45, 7) is 3.13. The number of fused-ring (bicyclic) bond motifs is 2. The van der Waals surface area contributed by atoms with Gasteiger partial charge in [0.1, 0.15) is 11.6 Å². The molecule has 1 aromatic carbocycles. The maximum atomic E-state index is 12.7. The van der Waals surface area contributed by atoms with E-state index in [4.69, 9.17) is 0 Å². The van der Waals surface area contributed by atoms with E-state index in [2.05, 4.69) is 18.4 Å². The second-order valence-electron chi connectivity index (χ2n) is 6.33. The molecule has 2 aromatic rings. The molecule has 1 N–H and O–H groups in total. The third-order valence-corrected chi connectivity index (χ3v) is 6.06. The molecule has 0 saturated heterocycles. The van der Waals surface area contributed by atoms with Gasteiger partial charge in [-0.05, 0) is 24.4 Å². The molecule has 0 radical (unpaired) electrons. The highest BCUT2D eigenvalue weighted by Crippen LogP contribution is 2.30. The zero-order valence-electron chi connectivity index (χ0n) is 13.5. The van der Waals surface area contributed by atoms with Gasteiger partial charge in [0.25, 0.3) is 17.5 Å². The number of nitrogens with one attached hydrogen (secondary N) is 1. The van der Waals surface area contributed by atoms with Gasteiger partial charge in [0.15, 0.2) is 6.67 Å². The fourth-order valence-electron chi connectivity index (χ4n) is 3.68. The third kappa shape index (κ3) is 2.37. The zero-order chi connectivity index (χ0) is 17.7. The second kappa shape index (κ2) is 5.75. The maximum Gasteiger partial charge on any atom is 0.282 e. The van der Waals surface area contributed by atoms with Crippen LogP contribution >= 0.6 is 11.3 Å². The van der Waals surface area contributed by atoms with Crippen LogP contribution in [0.2, 0.25) is 0 Å². The third-order valence-electron chi connectivity index (χ3n) is 5.07. The smallest absolute Gasteiger partial charge is 0.282 e. The average molecular weight is 358 g/mol. The molecule has 7 nitrogen and oxygen atoms in total. The first kappa shape index (κ1) is 15.9. The van der Waals surface area contributed by atoms with E-state index >= 15 is 0 Å². The molecule has 0 fully saturated rings. The summed E-state index contributed by atoms with van der Waals surface area (Å²) in [6, 6.07) is 6.46. The lowest BCUT2D eigenvalue weighted by atomic mass is 10.0. The lowest BCUT2D eigenvalue weighted by Gasteiger charge is -2.32. The van der Waals surface area contributed by atoms with Crippen LogP contribution in [-0.2, 0) is 6.42 Å². The number of carbonyl (C=O) groups excluding carboxylic acids is 2. The van der Waals surface area contributed by atoms with Gasteiger partial charge in [-0.15, -0.1) is 11.3 Å². The van der Waals surface area contributed by atoms with Gasteiger partial charge in [-0.25, -0.2) is 4.90 Å². The van der Waals surface area contributed by atoms with Crippen molar-refractivity contribution in [1.29, 1.82) is 0 Å². The Hall–Kier alpha value is -2.58. The summed E-state index contributed by atoms with van der Waals surface area (Å²) in [6.07, 6.45) is 0.913. The van der Waals surface area contributed by atoms with Crippen molar-refractivity contribution in [2.45, 2.75) is 19.4 Å². The van der Waals surface area contributed by atoms with Crippen LogP contribution in [0.15, 0.2) is 29.6 Å². The number of rotatable bonds is 3. The first-order valence-electron chi connectivity index (χ1n) is 8.03. The SMILES string of the molecule is C[C@@H]1c2ccsc2CC[NH+]1CN1C(=O)c2cccc([N+](=O)[O-])c2C1=O. The highest BCUT2D eigenvalue weighted by molar-refractivity contribution is 7.10. The minimum atomic E-state index is -0.610. The molecule has 0 spiro atoms. The second-order valence-corrected chi connectivity index (χ2v) is 7.33.